The van der Waals surface area contributed by atoms with Gasteiger partial charge in [0.15, 0.2) is 0 Å². The molecule has 0 aliphatic rings. The number of nitrogens with zero attached hydrogens (tertiary/aromatic N) is 2. The highest BCUT2D eigenvalue weighted by atomic mass is 35.5. The van der Waals surface area contributed by atoms with Crippen LogP contribution in [0, 0.1) is 0 Å². The van der Waals surface area contributed by atoms with E-state index in [-0.39, 0.29) is 0 Å². The molecule has 0 atom stereocenters. The van der Waals surface area contributed by atoms with E-state index >= 15 is 0 Å². The zero-order chi connectivity index (χ0) is 16.6. The molecule has 3 rings (SSSR count). The molecule has 0 unspecified atom stereocenters. The minimum Gasteiger partial charge on any atom is -0.388 e. The SMILES string of the molecule is CNn1c(-c2ccc(OC(F)(F)F)nc2)cc2cc(Cl)ccc21. The number of ether oxygens (including phenoxy) is 1. The van der Waals surface area contributed by atoms with Gasteiger partial charge >= 0.3 is 6.36 Å². The zero-order valence-electron chi connectivity index (χ0n) is 11.9. The second kappa shape index (κ2) is 5.66. The van der Waals surface area contributed by atoms with Gasteiger partial charge in [-0.15, -0.1) is 13.2 Å². The van der Waals surface area contributed by atoms with Crippen LogP contribution in [0.15, 0.2) is 42.6 Å². The van der Waals surface area contributed by atoms with E-state index in [2.05, 4.69) is 15.1 Å². The van der Waals surface area contributed by atoms with Crippen molar-refractivity contribution in [1.29, 1.82) is 0 Å². The first-order chi connectivity index (χ1) is 10.9. The van der Waals surface area contributed by atoms with Crippen LogP contribution in [0.1, 0.15) is 0 Å². The molecule has 23 heavy (non-hydrogen) atoms. The molecule has 1 N–H and O–H groups in total. The molecule has 1 aromatic carbocycles. The molecule has 3 aromatic rings. The van der Waals surface area contributed by atoms with Crippen molar-refractivity contribution in [2.75, 3.05) is 12.5 Å². The predicted molar refractivity (Wildman–Crippen MR) is 82.1 cm³/mol. The van der Waals surface area contributed by atoms with E-state index in [0.717, 1.165) is 16.6 Å². The van der Waals surface area contributed by atoms with E-state index in [9.17, 15) is 13.2 Å². The average Bonchev–Trinajstić information content (AvgIpc) is 2.83. The van der Waals surface area contributed by atoms with Crippen molar-refractivity contribution in [3.63, 3.8) is 0 Å². The molecule has 0 saturated carbocycles. The molecule has 120 valence electrons. The van der Waals surface area contributed by atoms with Gasteiger partial charge in [-0.05, 0) is 30.3 Å². The van der Waals surface area contributed by atoms with E-state index < -0.39 is 12.2 Å². The summed E-state index contributed by atoms with van der Waals surface area (Å²) in [6, 6.07) is 9.99. The molecule has 2 aromatic heterocycles. The Morgan fingerprint density at radius 2 is 1.96 bits per heavy atom. The summed E-state index contributed by atoms with van der Waals surface area (Å²) in [5.41, 5.74) is 5.30. The largest absolute Gasteiger partial charge is 0.574 e. The molecular formula is C15H11ClF3N3O. The molecule has 2 heterocycles. The van der Waals surface area contributed by atoms with Gasteiger partial charge in [0.1, 0.15) is 0 Å². The van der Waals surface area contributed by atoms with Gasteiger partial charge < -0.3 is 10.2 Å². The van der Waals surface area contributed by atoms with Gasteiger partial charge in [0.05, 0.1) is 11.2 Å². The summed E-state index contributed by atoms with van der Waals surface area (Å²) in [6.07, 6.45) is -3.43. The number of rotatable bonds is 3. The summed E-state index contributed by atoms with van der Waals surface area (Å²) in [5, 5.41) is 1.50. The van der Waals surface area contributed by atoms with Gasteiger partial charge in [-0.3, -0.25) is 4.68 Å². The average molecular weight is 342 g/mol. The van der Waals surface area contributed by atoms with Crippen LogP contribution in [0.3, 0.4) is 0 Å². The van der Waals surface area contributed by atoms with Crippen LogP contribution < -0.4 is 10.2 Å². The molecule has 0 radical (unpaired) electrons. The van der Waals surface area contributed by atoms with Gasteiger partial charge in [-0.25, -0.2) is 4.98 Å². The third kappa shape index (κ3) is 3.19. The highest BCUT2D eigenvalue weighted by molar-refractivity contribution is 6.31. The van der Waals surface area contributed by atoms with Gasteiger partial charge in [-0.2, -0.15) is 0 Å². The Balaban J connectivity index is 2.02. The van der Waals surface area contributed by atoms with Crippen molar-refractivity contribution >= 4 is 22.5 Å². The van der Waals surface area contributed by atoms with Crippen LogP contribution in [0.25, 0.3) is 22.2 Å². The number of fused-ring (bicyclic) bond motifs is 1. The first-order valence-corrected chi connectivity index (χ1v) is 6.96. The molecule has 0 amide bonds. The smallest absolute Gasteiger partial charge is 0.388 e. The monoisotopic (exact) mass is 341 g/mol. The van der Waals surface area contributed by atoms with Crippen molar-refractivity contribution in [3.05, 3.63) is 47.6 Å². The van der Waals surface area contributed by atoms with Crippen LogP contribution in [-0.2, 0) is 0 Å². The van der Waals surface area contributed by atoms with E-state index in [1.54, 1.807) is 17.8 Å². The number of aromatic nitrogens is 2. The fourth-order valence-corrected chi connectivity index (χ4v) is 2.53. The zero-order valence-corrected chi connectivity index (χ0v) is 12.6. The number of alkyl halides is 3. The third-order valence-electron chi connectivity index (χ3n) is 3.24. The molecule has 0 bridgehead atoms. The molecular weight excluding hydrogens is 331 g/mol. The number of hydrogen-bond acceptors (Lipinski definition) is 3. The number of pyridine rings is 1. The van der Waals surface area contributed by atoms with Crippen molar-refractivity contribution < 1.29 is 17.9 Å². The maximum atomic E-state index is 12.2. The van der Waals surface area contributed by atoms with Crippen molar-refractivity contribution in [1.82, 2.24) is 9.66 Å². The molecule has 0 spiro atoms. The summed E-state index contributed by atoms with van der Waals surface area (Å²) in [6.45, 7) is 0. The fraction of sp³-hybridized carbons (Fsp3) is 0.133. The van der Waals surface area contributed by atoms with Crippen molar-refractivity contribution in [2.24, 2.45) is 0 Å². The standard InChI is InChI=1S/C15H11ClF3N3O/c1-20-22-12-4-3-11(16)6-10(12)7-13(22)9-2-5-14(21-8-9)23-15(17,18)19/h2-8,20H,1H3. The Kier molecular flexibility index (Phi) is 3.81. The summed E-state index contributed by atoms with van der Waals surface area (Å²) in [7, 11) is 1.74. The van der Waals surface area contributed by atoms with Crippen LogP contribution in [0.4, 0.5) is 13.2 Å². The Morgan fingerprint density at radius 3 is 2.57 bits per heavy atom. The van der Waals surface area contributed by atoms with E-state index in [1.165, 1.54) is 18.3 Å². The van der Waals surface area contributed by atoms with Gasteiger partial charge in [0.25, 0.3) is 0 Å². The highest BCUT2D eigenvalue weighted by Crippen LogP contribution is 2.30. The Hall–Kier alpha value is -2.41. The molecule has 0 aliphatic carbocycles. The summed E-state index contributed by atoms with van der Waals surface area (Å²) in [4.78, 5) is 3.69. The lowest BCUT2D eigenvalue weighted by molar-refractivity contribution is -0.276. The first kappa shape index (κ1) is 15.5. The summed E-state index contributed by atoms with van der Waals surface area (Å²) < 4.78 is 42.1. The quantitative estimate of drug-likeness (QED) is 0.766. The van der Waals surface area contributed by atoms with E-state index in [4.69, 9.17) is 11.6 Å². The van der Waals surface area contributed by atoms with Crippen molar-refractivity contribution in [2.45, 2.75) is 6.36 Å². The summed E-state index contributed by atoms with van der Waals surface area (Å²) in [5.74, 6) is -0.503. The molecule has 0 fully saturated rings. The third-order valence-corrected chi connectivity index (χ3v) is 3.47. The van der Waals surface area contributed by atoms with Crippen LogP contribution in [-0.4, -0.2) is 23.1 Å². The minimum absolute atomic E-state index is 0.503. The molecule has 8 heteroatoms. The normalized spacial score (nSPS) is 11.7. The topological polar surface area (TPSA) is 39.1 Å². The Morgan fingerprint density at radius 1 is 1.17 bits per heavy atom. The first-order valence-electron chi connectivity index (χ1n) is 6.58. The van der Waals surface area contributed by atoms with E-state index in [1.807, 2.05) is 18.2 Å². The minimum atomic E-state index is -4.76. The van der Waals surface area contributed by atoms with Crippen LogP contribution in [0.2, 0.25) is 5.02 Å². The maximum absolute atomic E-state index is 12.2. The highest BCUT2D eigenvalue weighted by Gasteiger charge is 2.31. The van der Waals surface area contributed by atoms with Crippen LogP contribution >= 0.6 is 11.6 Å². The lowest BCUT2D eigenvalue weighted by Gasteiger charge is -2.11. The molecule has 4 nitrogen and oxygen atoms in total. The second-order valence-electron chi connectivity index (χ2n) is 4.72. The number of nitrogens with one attached hydrogen (secondary N) is 1. The number of halogens is 4. The molecule has 0 aliphatic heterocycles. The maximum Gasteiger partial charge on any atom is 0.574 e. The second-order valence-corrected chi connectivity index (χ2v) is 5.16. The van der Waals surface area contributed by atoms with Gasteiger partial charge in [0, 0.05) is 35.3 Å². The summed E-state index contributed by atoms with van der Waals surface area (Å²) >= 11 is 5.99. The van der Waals surface area contributed by atoms with Gasteiger partial charge in [0.2, 0.25) is 5.88 Å². The number of hydrogen-bond donors (Lipinski definition) is 1. The van der Waals surface area contributed by atoms with Gasteiger partial charge in [-0.1, -0.05) is 11.6 Å². The molecule has 0 saturated heterocycles. The van der Waals surface area contributed by atoms with Crippen molar-refractivity contribution in [3.8, 4) is 17.1 Å². The van der Waals surface area contributed by atoms with Crippen LogP contribution in [0.5, 0.6) is 5.88 Å². The predicted octanol–water partition coefficient (Wildman–Crippen LogP) is 4.43. The number of benzene rings is 1. The fourth-order valence-electron chi connectivity index (χ4n) is 2.35. The Bertz CT molecular complexity index is 844. The lowest BCUT2D eigenvalue weighted by atomic mass is 10.2. The van der Waals surface area contributed by atoms with E-state index in [0.29, 0.717) is 10.6 Å². The Labute approximate surface area is 134 Å². The lowest BCUT2D eigenvalue weighted by Crippen LogP contribution is -2.17.